The Morgan fingerprint density at radius 2 is 1.54 bits per heavy atom. The highest BCUT2D eigenvalue weighted by Gasteiger charge is 2.40. The van der Waals surface area contributed by atoms with Crippen molar-refractivity contribution in [1.29, 1.82) is 5.26 Å². The molecule has 26 heavy (non-hydrogen) atoms. The summed E-state index contributed by atoms with van der Waals surface area (Å²) in [5.74, 6) is -0.729. The number of hydrogen-bond donors (Lipinski definition) is 0. The van der Waals surface area contributed by atoms with Gasteiger partial charge >= 0.3 is 0 Å². The number of anilines is 1. The van der Waals surface area contributed by atoms with Gasteiger partial charge in [-0.15, -0.1) is 11.8 Å². The van der Waals surface area contributed by atoms with Crippen molar-refractivity contribution in [2.45, 2.75) is 5.03 Å². The van der Waals surface area contributed by atoms with E-state index in [2.05, 4.69) is 11.2 Å². The van der Waals surface area contributed by atoms with Gasteiger partial charge in [-0.1, -0.05) is 30.3 Å². The monoisotopic (exact) mass is 360 g/mol. The summed E-state index contributed by atoms with van der Waals surface area (Å²) in [4.78, 5) is 26.9. The zero-order valence-electron chi connectivity index (χ0n) is 13.7. The van der Waals surface area contributed by atoms with E-state index in [9.17, 15) is 14.9 Å². The van der Waals surface area contributed by atoms with E-state index in [4.69, 9.17) is 0 Å². The highest BCUT2D eigenvalue weighted by atomic mass is 32.2. The van der Waals surface area contributed by atoms with E-state index in [-0.39, 0.29) is 11.4 Å². The molecule has 1 aliphatic rings. The predicted molar refractivity (Wildman–Crippen MR) is 97.6 cm³/mol. The van der Waals surface area contributed by atoms with E-state index < -0.39 is 11.8 Å². The first-order valence-electron chi connectivity index (χ1n) is 7.77. The van der Waals surface area contributed by atoms with Gasteiger partial charge in [-0.3, -0.25) is 9.59 Å². The van der Waals surface area contributed by atoms with Gasteiger partial charge in [-0.05, 0) is 30.5 Å². The molecule has 0 fully saturated rings. The fourth-order valence-electron chi connectivity index (χ4n) is 2.97. The molecule has 1 aromatic heterocycles. The van der Waals surface area contributed by atoms with Crippen molar-refractivity contribution in [3.8, 4) is 11.8 Å². The predicted octanol–water partition coefficient (Wildman–Crippen LogP) is 3.27. The maximum atomic E-state index is 12.9. The fourth-order valence-corrected chi connectivity index (χ4v) is 3.47. The van der Waals surface area contributed by atoms with Gasteiger partial charge < -0.3 is 0 Å². The highest BCUT2D eigenvalue weighted by molar-refractivity contribution is 7.98. The molecule has 3 aromatic rings. The molecule has 0 atom stereocenters. The smallest absolute Gasteiger partial charge is 0.267 e. The van der Waals surface area contributed by atoms with Gasteiger partial charge in [0, 0.05) is 0 Å². The Labute approximate surface area is 153 Å². The average molecular weight is 360 g/mol. The number of imide groups is 1. The van der Waals surface area contributed by atoms with Crippen LogP contribution < -0.4 is 4.90 Å². The van der Waals surface area contributed by atoms with Crippen LogP contribution in [-0.2, 0) is 0 Å². The lowest BCUT2D eigenvalue weighted by Crippen LogP contribution is -2.32. The molecule has 0 saturated carbocycles. The molecule has 4 rings (SSSR count). The third-order valence-corrected chi connectivity index (χ3v) is 4.81. The van der Waals surface area contributed by atoms with Crippen LogP contribution in [0.25, 0.3) is 5.69 Å². The maximum absolute atomic E-state index is 12.9. The highest BCUT2D eigenvalue weighted by Crippen LogP contribution is 2.36. The standard InChI is InChI=1S/C19H12N4O2S/c1-26-16-15(11-20)17(23(21-16)12-7-3-2-4-8-12)22-18(24)13-9-5-6-10-14(13)19(22)25/h2-10H,1H3. The molecule has 1 aliphatic heterocycles. The molecule has 2 aromatic carbocycles. The van der Waals surface area contributed by atoms with Crippen molar-refractivity contribution >= 4 is 29.4 Å². The Balaban J connectivity index is 1.98. The lowest BCUT2D eigenvalue weighted by molar-refractivity contribution is 0.0924. The molecule has 6 nitrogen and oxygen atoms in total. The van der Waals surface area contributed by atoms with Gasteiger partial charge in [0.15, 0.2) is 5.82 Å². The lowest BCUT2D eigenvalue weighted by atomic mass is 10.1. The number of carbonyl (C=O) groups is 2. The number of aromatic nitrogens is 2. The normalized spacial score (nSPS) is 13.0. The number of para-hydroxylation sites is 1. The topological polar surface area (TPSA) is 79.0 Å². The third kappa shape index (κ3) is 2.24. The number of hydrogen-bond acceptors (Lipinski definition) is 5. The minimum Gasteiger partial charge on any atom is -0.268 e. The van der Waals surface area contributed by atoms with Gasteiger partial charge in [-0.25, -0.2) is 9.58 Å². The van der Waals surface area contributed by atoms with Crippen LogP contribution in [0.15, 0.2) is 59.6 Å². The van der Waals surface area contributed by atoms with Crippen LogP contribution in [0.3, 0.4) is 0 Å². The third-order valence-electron chi connectivity index (χ3n) is 4.14. The summed E-state index contributed by atoms with van der Waals surface area (Å²) in [6.45, 7) is 0. The zero-order chi connectivity index (χ0) is 18.3. The molecule has 2 heterocycles. The number of thioether (sulfide) groups is 1. The van der Waals surface area contributed by atoms with Crippen molar-refractivity contribution in [1.82, 2.24) is 9.78 Å². The van der Waals surface area contributed by atoms with Crippen molar-refractivity contribution in [3.05, 3.63) is 71.3 Å². The van der Waals surface area contributed by atoms with Crippen LogP contribution in [0.2, 0.25) is 0 Å². The molecule has 0 aliphatic carbocycles. The molecule has 126 valence electrons. The summed E-state index contributed by atoms with van der Waals surface area (Å²) in [6.07, 6.45) is 1.80. The Bertz CT molecular complexity index is 1050. The second-order valence-electron chi connectivity index (χ2n) is 5.56. The van der Waals surface area contributed by atoms with Crippen molar-refractivity contribution in [2.24, 2.45) is 0 Å². The van der Waals surface area contributed by atoms with E-state index in [0.717, 1.165) is 4.90 Å². The molecule has 2 amide bonds. The molecular weight excluding hydrogens is 348 g/mol. The van der Waals surface area contributed by atoms with E-state index in [1.165, 1.54) is 16.4 Å². The van der Waals surface area contributed by atoms with Crippen LogP contribution in [0, 0.1) is 11.3 Å². The lowest BCUT2D eigenvalue weighted by Gasteiger charge is -2.16. The number of carbonyl (C=O) groups excluding carboxylic acids is 2. The minimum atomic E-state index is -0.452. The maximum Gasteiger partial charge on any atom is 0.267 e. The number of benzene rings is 2. The summed E-state index contributed by atoms with van der Waals surface area (Å²) < 4.78 is 1.48. The molecule has 7 heteroatoms. The van der Waals surface area contributed by atoms with Crippen molar-refractivity contribution in [2.75, 3.05) is 11.2 Å². The Morgan fingerprint density at radius 1 is 0.962 bits per heavy atom. The average Bonchev–Trinajstić information content (AvgIpc) is 3.17. The minimum absolute atomic E-state index is 0.175. The SMILES string of the molecule is CSc1nn(-c2ccccc2)c(N2C(=O)c3ccccc3C2=O)c1C#N. The van der Waals surface area contributed by atoms with E-state index in [0.29, 0.717) is 21.8 Å². The number of fused-ring (bicyclic) bond motifs is 1. The summed E-state index contributed by atoms with van der Waals surface area (Å²) in [7, 11) is 0. The molecule has 0 radical (unpaired) electrons. The second kappa shape index (κ2) is 6.17. The first-order valence-corrected chi connectivity index (χ1v) is 9.00. The van der Waals surface area contributed by atoms with Gasteiger partial charge in [0.25, 0.3) is 11.8 Å². The number of nitrogens with zero attached hydrogens (tertiary/aromatic N) is 4. The Hall–Kier alpha value is -3.37. The fraction of sp³-hybridized carbons (Fsp3) is 0.0526. The summed E-state index contributed by atoms with van der Waals surface area (Å²) >= 11 is 1.29. The molecule has 0 N–H and O–H groups in total. The van der Waals surface area contributed by atoms with Crippen LogP contribution >= 0.6 is 11.8 Å². The van der Waals surface area contributed by atoms with Crippen molar-refractivity contribution < 1.29 is 9.59 Å². The van der Waals surface area contributed by atoms with Gasteiger partial charge in [0.05, 0.1) is 16.8 Å². The quantitative estimate of drug-likeness (QED) is 0.529. The van der Waals surface area contributed by atoms with E-state index in [1.54, 1.807) is 42.7 Å². The Kier molecular flexibility index (Phi) is 3.82. The van der Waals surface area contributed by atoms with Crippen LogP contribution in [0.1, 0.15) is 26.3 Å². The largest absolute Gasteiger partial charge is 0.268 e. The van der Waals surface area contributed by atoms with Crippen LogP contribution in [0.5, 0.6) is 0 Å². The van der Waals surface area contributed by atoms with Crippen LogP contribution in [-0.4, -0.2) is 27.9 Å². The van der Waals surface area contributed by atoms with Gasteiger partial charge in [0.1, 0.15) is 16.7 Å². The molecule has 0 spiro atoms. The Morgan fingerprint density at radius 3 is 2.08 bits per heavy atom. The second-order valence-corrected chi connectivity index (χ2v) is 6.35. The van der Waals surface area contributed by atoms with Crippen LogP contribution in [0.4, 0.5) is 5.82 Å². The number of rotatable bonds is 3. The zero-order valence-corrected chi connectivity index (χ0v) is 14.5. The van der Waals surface area contributed by atoms with Gasteiger partial charge in [-0.2, -0.15) is 10.4 Å². The van der Waals surface area contributed by atoms with E-state index in [1.807, 2.05) is 18.2 Å². The first-order chi connectivity index (χ1) is 12.7. The molecule has 0 saturated heterocycles. The number of amides is 2. The molecule has 0 bridgehead atoms. The summed E-state index contributed by atoms with van der Waals surface area (Å²) in [5.41, 5.74) is 1.52. The van der Waals surface area contributed by atoms with Crippen molar-refractivity contribution in [3.63, 3.8) is 0 Å². The van der Waals surface area contributed by atoms with Gasteiger partial charge in [0.2, 0.25) is 0 Å². The first kappa shape index (κ1) is 16.1. The van der Waals surface area contributed by atoms with E-state index >= 15 is 0 Å². The summed E-state index contributed by atoms with van der Waals surface area (Å²) in [6, 6.07) is 17.9. The molecule has 0 unspecified atom stereocenters. The molecular formula is C19H12N4O2S. The number of nitriles is 1. The summed E-state index contributed by atoms with van der Waals surface area (Å²) in [5, 5.41) is 14.6.